The molecule has 1 unspecified atom stereocenters. The van der Waals surface area contributed by atoms with Crippen molar-refractivity contribution in [1.29, 1.82) is 0 Å². The molecule has 1 saturated heterocycles. The summed E-state index contributed by atoms with van der Waals surface area (Å²) in [5.41, 5.74) is 9.13. The van der Waals surface area contributed by atoms with Crippen LogP contribution in [0.5, 0.6) is 0 Å². The van der Waals surface area contributed by atoms with Crippen LogP contribution in [0.15, 0.2) is 18.2 Å². The molecule has 1 saturated carbocycles. The number of benzene rings is 1. The van der Waals surface area contributed by atoms with Gasteiger partial charge in [-0.25, -0.2) is 0 Å². The lowest BCUT2D eigenvalue weighted by Crippen LogP contribution is -2.60. The van der Waals surface area contributed by atoms with E-state index in [0.717, 1.165) is 18.4 Å². The molecule has 2 N–H and O–H groups in total. The van der Waals surface area contributed by atoms with E-state index in [4.69, 9.17) is 5.73 Å². The molecular weight excluding hydrogens is 284 g/mol. The van der Waals surface area contributed by atoms with Crippen molar-refractivity contribution < 1.29 is 4.79 Å². The van der Waals surface area contributed by atoms with E-state index < -0.39 is 0 Å². The van der Waals surface area contributed by atoms with E-state index in [9.17, 15) is 4.79 Å². The zero-order valence-electron chi connectivity index (χ0n) is 14.5. The highest BCUT2D eigenvalue weighted by atomic mass is 16.1. The number of likely N-dealkylation sites (tertiary alicyclic amines) is 1. The smallest absolute Gasteiger partial charge is 0.248 e. The van der Waals surface area contributed by atoms with E-state index in [-0.39, 0.29) is 11.3 Å². The van der Waals surface area contributed by atoms with Crippen LogP contribution in [0.3, 0.4) is 0 Å². The molecule has 3 heteroatoms. The minimum Gasteiger partial charge on any atom is -0.366 e. The van der Waals surface area contributed by atoms with Gasteiger partial charge in [0.15, 0.2) is 0 Å². The molecule has 124 valence electrons. The summed E-state index contributed by atoms with van der Waals surface area (Å²) >= 11 is 0. The van der Waals surface area contributed by atoms with E-state index >= 15 is 0 Å². The molecule has 1 aromatic rings. The average molecular weight is 312 g/mol. The maximum Gasteiger partial charge on any atom is 0.248 e. The number of rotatable bonds is 3. The van der Waals surface area contributed by atoms with Gasteiger partial charge in [-0.2, -0.15) is 0 Å². The van der Waals surface area contributed by atoms with Crippen molar-refractivity contribution >= 4 is 5.91 Å². The van der Waals surface area contributed by atoms with Gasteiger partial charge in [0.1, 0.15) is 0 Å². The summed E-state index contributed by atoms with van der Waals surface area (Å²) in [6.45, 7) is 8.42. The van der Waals surface area contributed by atoms with Crippen molar-refractivity contribution in [2.24, 2.45) is 17.6 Å². The molecule has 1 aromatic carbocycles. The fraction of sp³-hybridized carbons (Fsp3) is 0.650. The SMILES string of the molecule is CC1[C@H]2Cc3ccc(C(N)=O)cc3[C@@]1(C)CCN2[C@H](C)C1CC1. The largest absolute Gasteiger partial charge is 0.366 e. The normalized spacial score (nSPS) is 34.7. The number of carbonyl (C=O) groups is 1. The third kappa shape index (κ3) is 2.24. The highest BCUT2D eigenvalue weighted by molar-refractivity contribution is 5.93. The van der Waals surface area contributed by atoms with Crippen LogP contribution in [-0.2, 0) is 11.8 Å². The zero-order valence-corrected chi connectivity index (χ0v) is 14.5. The Hall–Kier alpha value is -1.35. The number of fused-ring (bicyclic) bond motifs is 4. The lowest BCUT2D eigenvalue weighted by Gasteiger charge is -2.56. The molecule has 3 nitrogen and oxygen atoms in total. The average Bonchev–Trinajstić information content (AvgIpc) is 3.34. The number of amides is 1. The predicted octanol–water partition coefficient (Wildman–Crippen LogP) is 3.11. The number of piperidine rings is 1. The van der Waals surface area contributed by atoms with Crippen molar-refractivity contribution in [2.45, 2.75) is 64.0 Å². The molecule has 2 fully saturated rings. The Kier molecular flexibility index (Phi) is 3.35. The topological polar surface area (TPSA) is 46.3 Å². The van der Waals surface area contributed by atoms with Crippen molar-refractivity contribution in [3.63, 3.8) is 0 Å². The van der Waals surface area contributed by atoms with Gasteiger partial charge in [0, 0.05) is 17.6 Å². The van der Waals surface area contributed by atoms with Gasteiger partial charge in [-0.3, -0.25) is 9.69 Å². The summed E-state index contributed by atoms with van der Waals surface area (Å²) in [6, 6.07) is 7.49. The van der Waals surface area contributed by atoms with Crippen LogP contribution in [0, 0.1) is 11.8 Å². The quantitative estimate of drug-likeness (QED) is 0.932. The molecule has 2 bridgehead atoms. The molecule has 1 heterocycles. The molecule has 0 aromatic heterocycles. The summed E-state index contributed by atoms with van der Waals surface area (Å²) in [5, 5.41) is 0. The Bertz CT molecular complexity index is 651. The second-order valence-corrected chi connectivity index (χ2v) is 8.28. The van der Waals surface area contributed by atoms with Crippen LogP contribution in [0.4, 0.5) is 0 Å². The number of nitrogens with zero attached hydrogens (tertiary/aromatic N) is 1. The summed E-state index contributed by atoms with van der Waals surface area (Å²) in [4.78, 5) is 14.4. The Morgan fingerprint density at radius 2 is 2.13 bits per heavy atom. The lowest BCUT2D eigenvalue weighted by molar-refractivity contribution is 0.000499. The molecule has 1 aliphatic heterocycles. The van der Waals surface area contributed by atoms with Gasteiger partial charge in [0.25, 0.3) is 0 Å². The fourth-order valence-electron chi connectivity index (χ4n) is 5.16. The second-order valence-electron chi connectivity index (χ2n) is 8.28. The Morgan fingerprint density at radius 1 is 1.39 bits per heavy atom. The maximum absolute atomic E-state index is 11.6. The van der Waals surface area contributed by atoms with Gasteiger partial charge in [0.2, 0.25) is 5.91 Å². The Morgan fingerprint density at radius 3 is 2.78 bits per heavy atom. The van der Waals surface area contributed by atoms with E-state index in [1.807, 2.05) is 6.07 Å². The van der Waals surface area contributed by atoms with E-state index in [2.05, 4.69) is 37.8 Å². The third-order valence-corrected chi connectivity index (χ3v) is 7.16. The monoisotopic (exact) mass is 312 g/mol. The first-order chi connectivity index (χ1) is 10.9. The molecule has 4 rings (SSSR count). The fourth-order valence-corrected chi connectivity index (χ4v) is 5.16. The van der Waals surface area contributed by atoms with E-state index in [0.29, 0.717) is 17.5 Å². The van der Waals surface area contributed by atoms with Crippen molar-refractivity contribution in [2.75, 3.05) is 6.54 Å². The van der Waals surface area contributed by atoms with Crippen molar-refractivity contribution in [3.8, 4) is 0 Å². The highest BCUT2D eigenvalue weighted by Crippen LogP contribution is 2.50. The molecular formula is C20H28N2O. The Balaban J connectivity index is 1.73. The molecule has 0 spiro atoms. The van der Waals surface area contributed by atoms with Gasteiger partial charge < -0.3 is 5.73 Å². The third-order valence-electron chi connectivity index (χ3n) is 7.16. The molecule has 2 aliphatic carbocycles. The lowest BCUT2D eigenvalue weighted by atomic mass is 9.58. The summed E-state index contributed by atoms with van der Waals surface area (Å²) in [5.74, 6) is 1.23. The number of hydrogen-bond acceptors (Lipinski definition) is 2. The van der Waals surface area contributed by atoms with E-state index in [1.165, 1.54) is 36.9 Å². The second kappa shape index (κ2) is 5.07. The Labute approximate surface area is 139 Å². The minimum atomic E-state index is -0.314. The predicted molar refractivity (Wildman–Crippen MR) is 92.5 cm³/mol. The molecule has 3 aliphatic rings. The molecule has 0 radical (unpaired) electrons. The van der Waals surface area contributed by atoms with Crippen LogP contribution in [0.1, 0.15) is 61.5 Å². The van der Waals surface area contributed by atoms with Gasteiger partial charge in [-0.15, -0.1) is 0 Å². The number of hydrogen-bond donors (Lipinski definition) is 1. The van der Waals surface area contributed by atoms with Crippen LogP contribution >= 0.6 is 0 Å². The summed E-state index contributed by atoms with van der Waals surface area (Å²) in [6.07, 6.45) is 5.11. The van der Waals surface area contributed by atoms with Gasteiger partial charge in [0.05, 0.1) is 0 Å². The summed E-state index contributed by atoms with van der Waals surface area (Å²) in [7, 11) is 0. The molecule has 23 heavy (non-hydrogen) atoms. The van der Waals surface area contributed by atoms with Gasteiger partial charge in [-0.05, 0) is 79.7 Å². The van der Waals surface area contributed by atoms with Gasteiger partial charge in [-0.1, -0.05) is 19.9 Å². The zero-order chi connectivity index (χ0) is 16.4. The van der Waals surface area contributed by atoms with Crippen LogP contribution < -0.4 is 5.73 Å². The highest BCUT2D eigenvalue weighted by Gasteiger charge is 2.50. The van der Waals surface area contributed by atoms with Crippen molar-refractivity contribution in [3.05, 3.63) is 34.9 Å². The molecule has 1 amide bonds. The van der Waals surface area contributed by atoms with Crippen LogP contribution in [0.2, 0.25) is 0 Å². The standard InChI is InChI=1S/C20H28N2O/c1-12-18-11-15-6-7-16(19(21)23)10-17(15)20(12,3)8-9-22(18)13(2)14-4-5-14/h6-7,10,12-14,18H,4-5,8-9,11H2,1-3H3,(H2,21,23)/t12?,13-,18-,20+/m1/s1. The maximum atomic E-state index is 11.6. The van der Waals surface area contributed by atoms with Crippen LogP contribution in [0.25, 0.3) is 0 Å². The van der Waals surface area contributed by atoms with Crippen molar-refractivity contribution in [1.82, 2.24) is 4.90 Å². The summed E-state index contributed by atoms with van der Waals surface area (Å²) < 4.78 is 0. The minimum absolute atomic E-state index is 0.170. The van der Waals surface area contributed by atoms with Gasteiger partial charge >= 0.3 is 0 Å². The molecule has 4 atom stereocenters. The van der Waals surface area contributed by atoms with Crippen LogP contribution in [-0.4, -0.2) is 29.4 Å². The number of primary amides is 1. The van der Waals surface area contributed by atoms with E-state index in [1.54, 1.807) is 0 Å². The number of carbonyl (C=O) groups excluding carboxylic acids is 1. The first kappa shape index (κ1) is 15.2. The first-order valence-corrected chi connectivity index (χ1v) is 9.11. The number of nitrogens with two attached hydrogens (primary N) is 1. The first-order valence-electron chi connectivity index (χ1n) is 9.11.